The Bertz CT molecular complexity index is 694. The Morgan fingerprint density at radius 3 is 2.82 bits per heavy atom. The Kier molecular flexibility index (Phi) is 4.14. The van der Waals surface area contributed by atoms with Crippen molar-refractivity contribution in [1.29, 1.82) is 0 Å². The molecule has 3 rings (SSSR count). The molecular weight excluding hydrogens is 274 g/mol. The maximum absolute atomic E-state index is 12.5. The number of benzene rings is 2. The van der Waals surface area contributed by atoms with Crippen molar-refractivity contribution in [2.75, 3.05) is 13.7 Å². The molecule has 0 saturated carbocycles. The number of carbonyl (C=O) groups excluding carboxylic acids is 1. The second-order valence-corrected chi connectivity index (χ2v) is 5.87. The number of hydrogen-bond donors (Lipinski definition) is 0. The Morgan fingerprint density at radius 2 is 2.05 bits per heavy atom. The molecule has 0 fully saturated rings. The summed E-state index contributed by atoms with van der Waals surface area (Å²) in [6, 6.07) is 14.3. The predicted molar refractivity (Wildman–Crippen MR) is 87.0 cm³/mol. The third kappa shape index (κ3) is 3.14. The molecule has 2 aromatic carbocycles. The third-order valence-electron chi connectivity index (χ3n) is 4.22. The maximum Gasteiger partial charge on any atom is 0.227 e. The van der Waals surface area contributed by atoms with Gasteiger partial charge in [-0.25, -0.2) is 0 Å². The van der Waals surface area contributed by atoms with E-state index in [1.807, 2.05) is 23.1 Å². The van der Waals surface area contributed by atoms with E-state index in [1.165, 1.54) is 16.7 Å². The van der Waals surface area contributed by atoms with E-state index in [0.29, 0.717) is 13.0 Å². The fourth-order valence-corrected chi connectivity index (χ4v) is 2.98. The standard InChI is InChI=1S/C19H21NO2/c1-14-4-3-5-15(10-14)11-19(21)20-9-8-16-12-18(22-2)7-6-17(16)13-20/h3-7,10,12H,8-9,11,13H2,1-2H3. The zero-order chi connectivity index (χ0) is 15.5. The molecule has 0 unspecified atom stereocenters. The fourth-order valence-electron chi connectivity index (χ4n) is 2.98. The summed E-state index contributed by atoms with van der Waals surface area (Å²) < 4.78 is 5.26. The molecule has 0 bridgehead atoms. The van der Waals surface area contributed by atoms with Gasteiger partial charge < -0.3 is 9.64 Å². The Hall–Kier alpha value is -2.29. The van der Waals surface area contributed by atoms with Gasteiger partial charge in [-0.2, -0.15) is 0 Å². The molecule has 0 radical (unpaired) electrons. The van der Waals surface area contributed by atoms with Gasteiger partial charge in [0, 0.05) is 13.1 Å². The number of amides is 1. The largest absolute Gasteiger partial charge is 0.497 e. The topological polar surface area (TPSA) is 29.5 Å². The minimum atomic E-state index is 0.201. The Morgan fingerprint density at radius 1 is 1.18 bits per heavy atom. The quantitative estimate of drug-likeness (QED) is 0.870. The van der Waals surface area contributed by atoms with E-state index < -0.39 is 0 Å². The molecule has 22 heavy (non-hydrogen) atoms. The van der Waals surface area contributed by atoms with Gasteiger partial charge in [-0.3, -0.25) is 4.79 Å². The highest BCUT2D eigenvalue weighted by molar-refractivity contribution is 5.79. The van der Waals surface area contributed by atoms with Crippen molar-refractivity contribution in [2.24, 2.45) is 0 Å². The highest BCUT2D eigenvalue weighted by atomic mass is 16.5. The lowest BCUT2D eigenvalue weighted by Gasteiger charge is -2.29. The first-order valence-corrected chi connectivity index (χ1v) is 7.65. The van der Waals surface area contributed by atoms with Gasteiger partial charge in [-0.05, 0) is 42.2 Å². The van der Waals surface area contributed by atoms with E-state index in [1.54, 1.807) is 7.11 Å². The summed E-state index contributed by atoms with van der Waals surface area (Å²) in [7, 11) is 1.68. The van der Waals surface area contributed by atoms with Crippen LogP contribution in [0.1, 0.15) is 22.3 Å². The third-order valence-corrected chi connectivity index (χ3v) is 4.22. The molecule has 3 heteroatoms. The van der Waals surface area contributed by atoms with Crippen LogP contribution in [0.25, 0.3) is 0 Å². The molecule has 0 N–H and O–H groups in total. The van der Waals surface area contributed by atoms with Crippen molar-refractivity contribution >= 4 is 5.91 Å². The van der Waals surface area contributed by atoms with Crippen molar-refractivity contribution in [3.8, 4) is 5.75 Å². The van der Waals surface area contributed by atoms with Crippen LogP contribution in [-0.4, -0.2) is 24.5 Å². The number of aryl methyl sites for hydroxylation is 1. The minimum Gasteiger partial charge on any atom is -0.497 e. The van der Waals surface area contributed by atoms with Gasteiger partial charge in [0.1, 0.15) is 5.75 Å². The van der Waals surface area contributed by atoms with Gasteiger partial charge >= 0.3 is 0 Å². The summed E-state index contributed by atoms with van der Waals surface area (Å²) in [4.78, 5) is 14.5. The molecule has 1 aliphatic rings. The van der Waals surface area contributed by atoms with Crippen LogP contribution in [0.15, 0.2) is 42.5 Å². The summed E-state index contributed by atoms with van der Waals surface area (Å²) in [6.45, 7) is 3.54. The zero-order valence-electron chi connectivity index (χ0n) is 13.1. The van der Waals surface area contributed by atoms with Gasteiger partial charge in [0.2, 0.25) is 5.91 Å². The lowest BCUT2D eigenvalue weighted by atomic mass is 9.98. The van der Waals surface area contributed by atoms with Crippen molar-refractivity contribution in [1.82, 2.24) is 4.90 Å². The van der Waals surface area contributed by atoms with E-state index in [9.17, 15) is 4.79 Å². The van der Waals surface area contributed by atoms with Crippen LogP contribution in [0.5, 0.6) is 5.75 Å². The molecule has 3 nitrogen and oxygen atoms in total. The molecular formula is C19H21NO2. The molecule has 1 amide bonds. The average molecular weight is 295 g/mol. The normalized spacial score (nSPS) is 13.6. The second-order valence-electron chi connectivity index (χ2n) is 5.87. The number of carbonyl (C=O) groups is 1. The molecule has 1 heterocycles. The Balaban J connectivity index is 1.70. The summed E-state index contributed by atoms with van der Waals surface area (Å²) in [5.41, 5.74) is 4.80. The van der Waals surface area contributed by atoms with Gasteiger partial charge in [-0.1, -0.05) is 35.9 Å². The zero-order valence-corrected chi connectivity index (χ0v) is 13.1. The van der Waals surface area contributed by atoms with E-state index >= 15 is 0 Å². The Labute approximate surface area is 131 Å². The van der Waals surface area contributed by atoms with E-state index in [4.69, 9.17) is 4.74 Å². The lowest BCUT2D eigenvalue weighted by molar-refractivity contribution is -0.131. The number of ether oxygens (including phenoxy) is 1. The van der Waals surface area contributed by atoms with Crippen LogP contribution in [-0.2, 0) is 24.2 Å². The van der Waals surface area contributed by atoms with Crippen LogP contribution < -0.4 is 4.74 Å². The first kappa shape index (κ1) is 14.6. The van der Waals surface area contributed by atoms with Crippen LogP contribution in [0.4, 0.5) is 0 Å². The molecule has 0 aromatic heterocycles. The summed E-state index contributed by atoms with van der Waals surface area (Å²) >= 11 is 0. The highest BCUT2D eigenvalue weighted by Crippen LogP contribution is 2.24. The smallest absolute Gasteiger partial charge is 0.227 e. The number of nitrogens with zero attached hydrogens (tertiary/aromatic N) is 1. The average Bonchev–Trinajstić information content (AvgIpc) is 2.53. The number of methoxy groups -OCH3 is 1. The molecule has 114 valence electrons. The van der Waals surface area contributed by atoms with Gasteiger partial charge in [0.25, 0.3) is 0 Å². The van der Waals surface area contributed by atoms with Gasteiger partial charge in [0.05, 0.1) is 13.5 Å². The van der Waals surface area contributed by atoms with E-state index in [2.05, 4.69) is 31.2 Å². The van der Waals surface area contributed by atoms with E-state index in [-0.39, 0.29) is 5.91 Å². The molecule has 2 aromatic rings. The number of rotatable bonds is 3. The molecule has 1 aliphatic heterocycles. The van der Waals surface area contributed by atoms with E-state index in [0.717, 1.165) is 24.3 Å². The molecule has 0 saturated heterocycles. The fraction of sp³-hybridized carbons (Fsp3) is 0.316. The SMILES string of the molecule is COc1ccc2c(c1)CCN(C(=O)Cc1cccc(C)c1)C2. The first-order valence-electron chi connectivity index (χ1n) is 7.65. The number of fused-ring (bicyclic) bond motifs is 1. The second kappa shape index (κ2) is 6.22. The lowest BCUT2D eigenvalue weighted by Crippen LogP contribution is -2.36. The molecule has 0 spiro atoms. The number of hydrogen-bond acceptors (Lipinski definition) is 2. The summed E-state index contributed by atoms with van der Waals surface area (Å²) in [5, 5.41) is 0. The minimum absolute atomic E-state index is 0.201. The maximum atomic E-state index is 12.5. The molecule has 0 atom stereocenters. The van der Waals surface area contributed by atoms with Crippen molar-refractivity contribution in [3.63, 3.8) is 0 Å². The van der Waals surface area contributed by atoms with Crippen LogP contribution in [0.2, 0.25) is 0 Å². The van der Waals surface area contributed by atoms with Crippen molar-refractivity contribution in [3.05, 3.63) is 64.7 Å². The monoisotopic (exact) mass is 295 g/mol. The van der Waals surface area contributed by atoms with Crippen LogP contribution >= 0.6 is 0 Å². The molecule has 0 aliphatic carbocycles. The van der Waals surface area contributed by atoms with Gasteiger partial charge in [-0.15, -0.1) is 0 Å². The highest BCUT2D eigenvalue weighted by Gasteiger charge is 2.21. The van der Waals surface area contributed by atoms with Crippen molar-refractivity contribution in [2.45, 2.75) is 26.3 Å². The predicted octanol–water partition coefficient (Wildman–Crippen LogP) is 3.13. The summed E-state index contributed by atoms with van der Waals surface area (Å²) in [5.74, 6) is 1.09. The van der Waals surface area contributed by atoms with Gasteiger partial charge in [0.15, 0.2) is 0 Å². The first-order chi connectivity index (χ1) is 10.7. The van der Waals surface area contributed by atoms with Crippen LogP contribution in [0, 0.1) is 6.92 Å². The van der Waals surface area contributed by atoms with Crippen molar-refractivity contribution < 1.29 is 9.53 Å². The van der Waals surface area contributed by atoms with Crippen LogP contribution in [0.3, 0.4) is 0 Å². The summed E-state index contributed by atoms with van der Waals surface area (Å²) in [6.07, 6.45) is 1.37.